The van der Waals surface area contributed by atoms with E-state index in [9.17, 15) is 0 Å². The van der Waals surface area contributed by atoms with E-state index in [0.29, 0.717) is 0 Å². The number of pyridine rings is 1. The van der Waals surface area contributed by atoms with E-state index in [1.165, 1.54) is 0 Å². The smallest absolute Gasteiger partial charge is 0.0853 e. The van der Waals surface area contributed by atoms with Crippen LogP contribution in [-0.2, 0) is 0 Å². The van der Waals surface area contributed by atoms with Crippen molar-refractivity contribution in [3.63, 3.8) is 0 Å². The molecule has 0 aromatic carbocycles. The Labute approximate surface area is 115 Å². The molecule has 0 amide bonds. The monoisotopic (exact) mass is 269 g/mol. The molecule has 0 saturated carbocycles. The quantitative estimate of drug-likeness (QED) is 0.779. The molecule has 1 unspecified atom stereocenters. The predicted molar refractivity (Wildman–Crippen MR) is 62.5 cm³/mol. The number of nitrogens with zero attached hydrogens (tertiary/aromatic N) is 2. The Balaban J connectivity index is 3.09. The number of aromatic nitrogens is 1. The molecule has 2 nitrogen and oxygen atoms in total. The first-order valence-corrected chi connectivity index (χ1v) is 4.35. The zero-order valence-corrected chi connectivity index (χ0v) is 8.36. The first-order chi connectivity index (χ1) is 12.6. The lowest BCUT2D eigenvalue weighted by atomic mass is 10.00. The number of halogens is 1. The Hall–Kier alpha value is -0.570. The SMILES string of the molecule is [2H]c1nc([2H])c(Br)c(N2C([2H])([2H])C([2H])([2H])C([2H])([2H])C([2H])(C([2H])([2H])[2H])C2([2H])[2H])c1[2H]. The summed E-state index contributed by atoms with van der Waals surface area (Å²) in [6, 6.07) is -0.966. The lowest BCUT2D eigenvalue weighted by molar-refractivity contribution is 0.446. The van der Waals surface area contributed by atoms with Gasteiger partial charge in [-0.05, 0) is 40.6 Å². The van der Waals surface area contributed by atoms with Crippen molar-refractivity contribution >= 4 is 21.6 Å². The molecular weight excluding hydrogens is 240 g/mol. The molecule has 0 aliphatic carbocycles. The molecule has 1 aromatic rings. The van der Waals surface area contributed by atoms with Crippen LogP contribution in [0.1, 0.15) is 40.2 Å². The molecule has 1 aliphatic heterocycles. The minimum Gasteiger partial charge on any atom is -0.370 e. The number of anilines is 1. The van der Waals surface area contributed by atoms with Crippen LogP contribution in [0.5, 0.6) is 0 Å². The maximum Gasteiger partial charge on any atom is 0.0853 e. The largest absolute Gasteiger partial charge is 0.370 e. The van der Waals surface area contributed by atoms with Crippen molar-refractivity contribution in [2.24, 2.45) is 5.89 Å². The number of rotatable bonds is 1. The van der Waals surface area contributed by atoms with E-state index in [1.54, 1.807) is 0 Å². The molecule has 1 fully saturated rings. The topological polar surface area (TPSA) is 16.1 Å². The van der Waals surface area contributed by atoms with E-state index in [0.717, 1.165) is 0 Å². The minimum absolute atomic E-state index is 0.176. The number of piperidine rings is 1. The summed E-state index contributed by atoms with van der Waals surface area (Å²) in [5.74, 6) is -3.87. The van der Waals surface area contributed by atoms with Crippen LogP contribution < -0.4 is 4.90 Å². The van der Waals surface area contributed by atoms with E-state index in [-0.39, 0.29) is 4.90 Å². The maximum atomic E-state index is 8.30. The Kier molecular flexibility index (Phi) is 0.736. The molecule has 3 heteroatoms. The van der Waals surface area contributed by atoms with Gasteiger partial charge in [0.05, 0.1) is 14.3 Å². The highest BCUT2D eigenvalue weighted by atomic mass is 79.9. The summed E-state index contributed by atoms with van der Waals surface area (Å²) in [6.45, 7) is -11.2. The Bertz CT molecular complexity index is 823. The van der Waals surface area contributed by atoms with Gasteiger partial charge in [-0.2, -0.15) is 0 Å². The second-order valence-electron chi connectivity index (χ2n) is 2.31. The van der Waals surface area contributed by atoms with Gasteiger partial charge in [0, 0.05) is 41.8 Å². The summed E-state index contributed by atoms with van der Waals surface area (Å²) in [5.41, 5.74) is -0.926. The zero-order chi connectivity index (χ0) is 23.2. The lowest BCUT2D eigenvalue weighted by Crippen LogP contribution is -2.34. The number of hydrogen-bond acceptors (Lipinski definition) is 2. The van der Waals surface area contributed by atoms with Crippen molar-refractivity contribution in [2.45, 2.75) is 19.6 Å². The van der Waals surface area contributed by atoms with Crippen molar-refractivity contribution in [2.75, 3.05) is 17.9 Å². The summed E-state index contributed by atoms with van der Waals surface area (Å²) in [4.78, 5) is 3.20. The lowest BCUT2D eigenvalue weighted by Gasteiger charge is -2.33. The maximum absolute atomic E-state index is 8.30. The van der Waals surface area contributed by atoms with Crippen LogP contribution in [0.2, 0.25) is 0 Å². The fourth-order valence-corrected chi connectivity index (χ4v) is 1.21. The van der Waals surface area contributed by atoms with Gasteiger partial charge in [0.25, 0.3) is 0 Å². The molecule has 14 heavy (non-hydrogen) atoms. The second kappa shape index (κ2) is 4.30. The minimum atomic E-state index is -3.87. The molecule has 0 spiro atoms. The first-order valence-electron chi connectivity index (χ1n) is 11.1. The van der Waals surface area contributed by atoms with Crippen LogP contribution >= 0.6 is 15.9 Å². The van der Waals surface area contributed by atoms with Crippen LogP contribution in [0, 0.1) is 5.89 Å². The third-order valence-electron chi connectivity index (χ3n) is 1.39. The van der Waals surface area contributed by atoms with Gasteiger partial charge >= 0.3 is 0 Å². The molecule has 1 atom stereocenters. The molecule has 0 bridgehead atoms. The van der Waals surface area contributed by atoms with Gasteiger partial charge in [-0.1, -0.05) is 6.85 Å². The van der Waals surface area contributed by atoms with Gasteiger partial charge in [-0.3, -0.25) is 4.98 Å². The van der Waals surface area contributed by atoms with Crippen molar-refractivity contribution in [3.05, 3.63) is 22.9 Å². The zero-order valence-electron chi connectivity index (χ0n) is 21.8. The average Bonchev–Trinajstić information content (AvgIpc) is 2.52. The number of hydrogen-bond donors (Lipinski definition) is 0. The molecule has 2 heterocycles. The van der Waals surface area contributed by atoms with Crippen molar-refractivity contribution in [1.29, 1.82) is 0 Å². The van der Waals surface area contributed by atoms with Crippen molar-refractivity contribution < 1.29 is 20.6 Å². The van der Waals surface area contributed by atoms with Crippen LogP contribution in [0.4, 0.5) is 5.69 Å². The Morgan fingerprint density at radius 1 is 1.93 bits per heavy atom. The van der Waals surface area contributed by atoms with Gasteiger partial charge in [0.1, 0.15) is 0 Å². The van der Waals surface area contributed by atoms with Gasteiger partial charge in [0.15, 0.2) is 0 Å². The highest BCUT2D eigenvalue weighted by Gasteiger charge is 2.17. The highest BCUT2D eigenvalue weighted by Crippen LogP contribution is 2.28. The Morgan fingerprint density at radius 3 is 3.71 bits per heavy atom. The molecule has 76 valence electrons. The first kappa shape index (κ1) is 2.40. The van der Waals surface area contributed by atoms with Gasteiger partial charge in [0.2, 0.25) is 0 Å². The van der Waals surface area contributed by atoms with E-state index in [4.69, 9.17) is 20.6 Å². The molecule has 0 radical (unpaired) electrons. The summed E-state index contributed by atoms with van der Waals surface area (Å²) in [7, 11) is 0. The van der Waals surface area contributed by atoms with Gasteiger partial charge < -0.3 is 4.90 Å². The van der Waals surface area contributed by atoms with Crippen LogP contribution in [0.3, 0.4) is 0 Å². The summed E-state index contributed by atoms with van der Waals surface area (Å²) >= 11 is 2.81. The average molecular weight is 270 g/mol. The normalized spacial score (nSPS) is 58.6. The molecule has 0 N–H and O–H groups in total. The highest BCUT2D eigenvalue weighted by molar-refractivity contribution is 9.10. The fraction of sp³-hybridized carbons (Fsp3) is 0.545. The summed E-state index contributed by atoms with van der Waals surface area (Å²) in [5, 5.41) is 0. The van der Waals surface area contributed by atoms with E-state index < -0.39 is 67.0 Å². The van der Waals surface area contributed by atoms with E-state index in [1.807, 2.05) is 0 Å². The van der Waals surface area contributed by atoms with Crippen LogP contribution in [-0.4, -0.2) is 18.0 Å². The standard InChI is InChI=1S/C11H15BrN2/c1-9-3-2-6-14(8-9)11-4-5-13-7-10(11)12/h4-5,7,9H,2-3,6,8H2,1H3/i1D3,2D2,3D2,4D,5D,6D2,7D,8D2,9D. The second-order valence-corrected chi connectivity index (χ2v) is 3.10. The third-order valence-corrected chi connectivity index (χ3v) is 1.95. The molecule has 2 rings (SSSR count). The van der Waals surface area contributed by atoms with E-state index in [2.05, 4.69) is 20.9 Å². The van der Waals surface area contributed by atoms with E-state index >= 15 is 0 Å². The third kappa shape index (κ3) is 2.08. The molecule has 1 aromatic heterocycles. The van der Waals surface area contributed by atoms with Crippen molar-refractivity contribution in [1.82, 2.24) is 4.98 Å². The summed E-state index contributed by atoms with van der Waals surface area (Å²) < 4.78 is 119. The van der Waals surface area contributed by atoms with Crippen LogP contribution in [0.25, 0.3) is 0 Å². The predicted octanol–water partition coefficient (Wildman–Crippen LogP) is 3.08. The summed E-state index contributed by atoms with van der Waals surface area (Å²) in [6.07, 6.45) is -9.30. The Morgan fingerprint density at radius 2 is 2.86 bits per heavy atom. The van der Waals surface area contributed by atoms with Gasteiger partial charge in [-0.15, -0.1) is 0 Å². The molecule has 1 saturated heterocycles. The molecule has 1 aliphatic rings. The molecular formula is C11H15BrN2. The van der Waals surface area contributed by atoms with Crippen molar-refractivity contribution in [3.8, 4) is 0 Å². The fourth-order valence-electron chi connectivity index (χ4n) is 0.846. The van der Waals surface area contributed by atoms with Gasteiger partial charge in [-0.25, -0.2) is 0 Å². The van der Waals surface area contributed by atoms with Crippen LogP contribution in [0.15, 0.2) is 22.9 Å².